The number of ether oxygens (including phenoxy) is 1. The molecule has 0 saturated carbocycles. The highest BCUT2D eigenvalue weighted by Gasteiger charge is 2.72. The molecule has 4 rings (SSSR count). The second-order valence-corrected chi connectivity index (χ2v) is 13.5. The van der Waals surface area contributed by atoms with E-state index in [2.05, 4.69) is 0 Å². The first kappa shape index (κ1) is 32.1. The molecule has 1 N–H and O–H groups in total. The first-order chi connectivity index (χ1) is 19.2. The van der Waals surface area contributed by atoms with E-state index in [0.717, 1.165) is 30.3 Å². The van der Waals surface area contributed by atoms with Crippen molar-refractivity contribution < 1.29 is 53.8 Å². The molecular formula is C28H30F7NO5S. The molecule has 2 aromatic carbocycles. The number of hydrogen-bond acceptors (Lipinski definition) is 5. The maximum Gasteiger partial charge on any atom is 0.430 e. The first-order valence-corrected chi connectivity index (χ1v) is 14.7. The van der Waals surface area contributed by atoms with Gasteiger partial charge in [-0.3, -0.25) is 0 Å². The number of carbonyl (C=O) groups is 1. The summed E-state index contributed by atoms with van der Waals surface area (Å²) in [6.45, 7) is 5.12. The van der Waals surface area contributed by atoms with Crippen molar-refractivity contribution in [1.29, 1.82) is 0 Å². The minimum absolute atomic E-state index is 0.0957. The van der Waals surface area contributed by atoms with Crippen molar-refractivity contribution >= 4 is 15.9 Å². The Hall–Kier alpha value is -2.87. The highest BCUT2D eigenvalue weighted by molar-refractivity contribution is 7.92. The summed E-state index contributed by atoms with van der Waals surface area (Å²) in [5.74, 6) is -0.731. The molecule has 0 aromatic heterocycles. The number of sulfone groups is 1. The summed E-state index contributed by atoms with van der Waals surface area (Å²) < 4.78 is 128. The smallest absolute Gasteiger partial charge is 0.430 e. The molecule has 2 aliphatic rings. The van der Waals surface area contributed by atoms with Crippen LogP contribution in [0.3, 0.4) is 0 Å². The van der Waals surface area contributed by atoms with Gasteiger partial charge in [0.1, 0.15) is 16.2 Å². The normalized spacial score (nSPS) is 21.6. The predicted octanol–water partition coefficient (Wildman–Crippen LogP) is 6.54. The molecule has 1 aliphatic heterocycles. The van der Waals surface area contributed by atoms with Crippen molar-refractivity contribution in [3.63, 3.8) is 0 Å². The topological polar surface area (TPSA) is 83.9 Å². The number of alkyl halides is 6. The molecule has 2 atom stereocenters. The number of likely N-dealkylation sites (tertiary alicyclic amines) is 1. The molecule has 232 valence electrons. The van der Waals surface area contributed by atoms with Gasteiger partial charge >= 0.3 is 18.4 Å². The molecule has 0 bridgehead atoms. The summed E-state index contributed by atoms with van der Waals surface area (Å²) >= 11 is 0. The largest absolute Gasteiger partial charge is 0.443 e. The molecule has 1 amide bonds. The lowest BCUT2D eigenvalue weighted by atomic mass is 9.76. The molecule has 1 saturated heterocycles. The maximum atomic E-state index is 14.3. The standard InChI is InChI=1S/C28H30F7NO5S/c1-4-13-24(2,3)41-23(37)36-15-14-25(42(39,40)20-9-7-19(29)8-10-20)21-11-6-18(16-17(21)5-12-22(25)36)26(38,27(30,31)32)28(33,34)35/h6-11,16,22,38H,4-5,12-15H2,1-3H3/t22-,25-/m1/s1. The number of nitrogens with zero attached hydrogens (tertiary/aromatic N) is 1. The Labute approximate surface area is 238 Å². The Kier molecular flexibility index (Phi) is 7.93. The zero-order chi connectivity index (χ0) is 31.5. The van der Waals surface area contributed by atoms with Crippen molar-refractivity contribution in [2.75, 3.05) is 6.54 Å². The minimum Gasteiger partial charge on any atom is -0.443 e. The van der Waals surface area contributed by atoms with Gasteiger partial charge in [-0.15, -0.1) is 0 Å². The van der Waals surface area contributed by atoms with E-state index >= 15 is 0 Å². The van der Waals surface area contributed by atoms with Crippen LogP contribution in [-0.2, 0) is 31.3 Å². The fourth-order valence-corrected chi connectivity index (χ4v) is 8.60. The number of aryl methyl sites for hydroxylation is 1. The van der Waals surface area contributed by atoms with Gasteiger partial charge in [0.15, 0.2) is 9.84 Å². The monoisotopic (exact) mass is 625 g/mol. The molecule has 0 radical (unpaired) electrons. The van der Waals surface area contributed by atoms with Gasteiger partial charge in [-0.2, -0.15) is 26.3 Å². The van der Waals surface area contributed by atoms with Gasteiger partial charge in [0.25, 0.3) is 5.60 Å². The van der Waals surface area contributed by atoms with E-state index in [1.165, 1.54) is 4.90 Å². The Morgan fingerprint density at radius 3 is 2.19 bits per heavy atom. The van der Waals surface area contributed by atoms with E-state index in [9.17, 15) is 49.1 Å². The molecule has 0 unspecified atom stereocenters. The van der Waals surface area contributed by atoms with Crippen LogP contribution in [0, 0.1) is 5.82 Å². The van der Waals surface area contributed by atoms with Crippen LogP contribution in [0.1, 0.15) is 63.1 Å². The fourth-order valence-electron chi connectivity index (χ4n) is 6.23. The van der Waals surface area contributed by atoms with E-state index < -0.39 is 61.7 Å². The molecule has 6 nitrogen and oxygen atoms in total. The average molecular weight is 626 g/mol. The zero-order valence-electron chi connectivity index (χ0n) is 22.9. The highest BCUT2D eigenvalue weighted by atomic mass is 32.2. The summed E-state index contributed by atoms with van der Waals surface area (Å²) in [7, 11) is -4.54. The number of rotatable bonds is 6. The molecule has 14 heteroatoms. The summed E-state index contributed by atoms with van der Waals surface area (Å²) in [4.78, 5) is 14.2. The highest BCUT2D eigenvalue weighted by Crippen LogP contribution is 2.55. The van der Waals surface area contributed by atoms with Crippen molar-refractivity contribution in [1.82, 2.24) is 4.90 Å². The lowest BCUT2D eigenvalue weighted by molar-refractivity contribution is -0.376. The number of aliphatic hydroxyl groups is 1. The van der Waals surface area contributed by atoms with E-state index in [1.807, 2.05) is 6.92 Å². The second-order valence-electron chi connectivity index (χ2n) is 11.3. The molecule has 42 heavy (non-hydrogen) atoms. The number of amides is 1. The summed E-state index contributed by atoms with van der Waals surface area (Å²) in [5.41, 5.74) is -7.85. The van der Waals surface area contributed by atoms with Crippen molar-refractivity contribution in [3.8, 4) is 0 Å². The Morgan fingerprint density at radius 1 is 1.05 bits per heavy atom. The van der Waals surface area contributed by atoms with Gasteiger partial charge in [-0.25, -0.2) is 17.6 Å². The molecule has 1 fully saturated rings. The number of benzene rings is 2. The number of hydrogen-bond donors (Lipinski definition) is 1. The minimum atomic E-state index is -6.13. The summed E-state index contributed by atoms with van der Waals surface area (Å²) in [6.07, 6.45) is -12.5. The van der Waals surface area contributed by atoms with Gasteiger partial charge in [0, 0.05) is 12.1 Å². The average Bonchev–Trinajstić information content (AvgIpc) is 3.28. The summed E-state index contributed by atoms with van der Waals surface area (Å²) in [5, 5.41) is 9.97. The van der Waals surface area contributed by atoms with Crippen LogP contribution in [0.15, 0.2) is 47.4 Å². The Balaban J connectivity index is 1.90. The van der Waals surface area contributed by atoms with Crippen molar-refractivity contribution in [2.24, 2.45) is 0 Å². The third kappa shape index (κ3) is 4.93. The Morgan fingerprint density at radius 2 is 1.64 bits per heavy atom. The number of carbonyl (C=O) groups excluding carboxylic acids is 1. The SMILES string of the molecule is CCCC(C)(C)OC(=O)N1CC[C@@]2(S(=O)(=O)c3ccc(F)cc3)c3ccc(C(O)(C(F)(F)F)C(F)(F)F)cc3CC[C@@H]12. The third-order valence-corrected chi connectivity index (χ3v) is 10.7. The van der Waals surface area contributed by atoms with Crippen LogP contribution in [-0.4, -0.2) is 55.1 Å². The zero-order valence-corrected chi connectivity index (χ0v) is 23.8. The van der Waals surface area contributed by atoms with Crippen LogP contribution in [0.25, 0.3) is 0 Å². The van der Waals surface area contributed by atoms with Crippen molar-refractivity contribution in [2.45, 2.75) is 92.1 Å². The van der Waals surface area contributed by atoms with Gasteiger partial charge in [-0.1, -0.05) is 31.5 Å². The van der Waals surface area contributed by atoms with Crippen LogP contribution >= 0.6 is 0 Å². The molecule has 2 aromatic rings. The van der Waals surface area contributed by atoms with Gasteiger partial charge in [0.05, 0.1) is 10.9 Å². The van der Waals surface area contributed by atoms with E-state index in [0.29, 0.717) is 25.0 Å². The van der Waals surface area contributed by atoms with Gasteiger partial charge in [0.2, 0.25) is 0 Å². The predicted molar refractivity (Wildman–Crippen MR) is 137 cm³/mol. The lowest BCUT2D eigenvalue weighted by Crippen LogP contribution is -2.55. The number of fused-ring (bicyclic) bond motifs is 3. The summed E-state index contributed by atoms with van der Waals surface area (Å²) in [6, 6.07) is 4.53. The van der Waals surface area contributed by atoms with E-state index in [1.54, 1.807) is 13.8 Å². The lowest BCUT2D eigenvalue weighted by Gasteiger charge is -2.43. The molecular weight excluding hydrogens is 595 g/mol. The van der Waals surface area contributed by atoms with Crippen molar-refractivity contribution in [3.05, 3.63) is 65.0 Å². The number of halogens is 7. The third-order valence-electron chi connectivity index (χ3n) is 8.18. The first-order valence-electron chi connectivity index (χ1n) is 13.2. The molecule has 1 heterocycles. The molecule has 0 spiro atoms. The van der Waals surface area contributed by atoms with E-state index in [-0.39, 0.29) is 41.8 Å². The van der Waals surface area contributed by atoms with Gasteiger partial charge < -0.3 is 14.7 Å². The fraction of sp³-hybridized carbons (Fsp3) is 0.536. The van der Waals surface area contributed by atoms with Crippen LogP contribution in [0.5, 0.6) is 0 Å². The van der Waals surface area contributed by atoms with Crippen LogP contribution < -0.4 is 0 Å². The van der Waals surface area contributed by atoms with Crippen LogP contribution in [0.4, 0.5) is 35.5 Å². The van der Waals surface area contributed by atoms with Crippen LogP contribution in [0.2, 0.25) is 0 Å². The molecule has 1 aliphatic carbocycles. The maximum absolute atomic E-state index is 14.3. The Bertz CT molecular complexity index is 1440. The van der Waals surface area contributed by atoms with Gasteiger partial charge in [-0.05, 0) is 74.9 Å². The van der Waals surface area contributed by atoms with E-state index in [4.69, 9.17) is 4.74 Å². The quantitative estimate of drug-likeness (QED) is 0.291. The second kappa shape index (κ2) is 10.4.